The van der Waals surface area contributed by atoms with E-state index < -0.39 is 0 Å². The van der Waals surface area contributed by atoms with Gasteiger partial charge in [-0.15, -0.1) is 23.2 Å². The van der Waals surface area contributed by atoms with Crippen LogP contribution in [0.4, 0.5) is 5.69 Å². The molecule has 7 atom stereocenters. The van der Waals surface area contributed by atoms with Crippen LogP contribution in [-0.2, 0) is 20.7 Å². The van der Waals surface area contributed by atoms with E-state index >= 15 is 0 Å². The number of nitrogens with zero attached hydrogens (tertiary/aromatic N) is 1. The van der Waals surface area contributed by atoms with E-state index in [-0.39, 0.29) is 28.7 Å². The summed E-state index contributed by atoms with van der Waals surface area (Å²) in [5.41, 5.74) is 3.79. The van der Waals surface area contributed by atoms with Gasteiger partial charge in [0.2, 0.25) is 0 Å². The molecule has 1 aromatic carbocycles. The third-order valence-electron chi connectivity index (χ3n) is 11.9. The van der Waals surface area contributed by atoms with Crippen molar-refractivity contribution in [1.29, 1.82) is 0 Å². The van der Waals surface area contributed by atoms with Crippen molar-refractivity contribution in [3.05, 3.63) is 53.6 Å². The van der Waals surface area contributed by atoms with Crippen LogP contribution in [0.2, 0.25) is 0 Å². The Bertz CT molecular complexity index is 1210. The summed E-state index contributed by atoms with van der Waals surface area (Å²) < 4.78 is 5.55. The first-order chi connectivity index (χ1) is 21.2. The molecule has 0 bridgehead atoms. The maximum atomic E-state index is 12.4. The minimum absolute atomic E-state index is 0.0115. The molecule has 0 amide bonds. The van der Waals surface area contributed by atoms with Crippen LogP contribution in [0.25, 0.3) is 0 Å². The first kappa shape index (κ1) is 33.5. The van der Waals surface area contributed by atoms with Gasteiger partial charge in [0.15, 0.2) is 5.78 Å². The highest BCUT2D eigenvalue weighted by atomic mass is 35.5. The molecule has 3 saturated carbocycles. The van der Waals surface area contributed by atoms with Crippen molar-refractivity contribution >= 4 is 40.6 Å². The van der Waals surface area contributed by atoms with E-state index in [0.717, 1.165) is 76.6 Å². The van der Waals surface area contributed by atoms with Gasteiger partial charge in [0.25, 0.3) is 0 Å². The second kappa shape index (κ2) is 14.7. The third kappa shape index (κ3) is 7.10. The number of benzene rings is 1. The van der Waals surface area contributed by atoms with Crippen molar-refractivity contribution in [3.8, 4) is 0 Å². The van der Waals surface area contributed by atoms with Crippen LogP contribution in [0.15, 0.2) is 48.1 Å². The number of aliphatic hydroxyl groups excluding tert-OH is 1. The fourth-order valence-corrected chi connectivity index (χ4v) is 9.76. The van der Waals surface area contributed by atoms with Crippen LogP contribution >= 0.6 is 23.2 Å². The van der Waals surface area contributed by atoms with Gasteiger partial charge in [-0.3, -0.25) is 9.59 Å². The van der Waals surface area contributed by atoms with Crippen molar-refractivity contribution in [1.82, 2.24) is 0 Å². The Morgan fingerprint density at radius 3 is 2.52 bits per heavy atom. The van der Waals surface area contributed by atoms with E-state index in [0.29, 0.717) is 54.9 Å². The summed E-state index contributed by atoms with van der Waals surface area (Å²) >= 11 is 11.9. The topological polar surface area (TPSA) is 66.8 Å². The molecule has 1 aromatic rings. The van der Waals surface area contributed by atoms with Crippen LogP contribution in [0.1, 0.15) is 83.6 Å². The van der Waals surface area contributed by atoms with Gasteiger partial charge in [0.05, 0.1) is 6.10 Å². The highest BCUT2D eigenvalue weighted by Gasteiger charge is 2.60. The lowest BCUT2D eigenvalue weighted by atomic mass is 9.44. The fourth-order valence-electron chi connectivity index (χ4n) is 9.35. The molecule has 0 radical (unpaired) electrons. The Morgan fingerprint density at radius 1 is 1.05 bits per heavy atom. The molecule has 3 fully saturated rings. The summed E-state index contributed by atoms with van der Waals surface area (Å²) in [6, 6.07) is 8.41. The zero-order valence-electron chi connectivity index (χ0n) is 26.6. The number of allylic oxidation sites excluding steroid dienone is 2. The standard InChI is InChI=1S/C37H51Cl2NO4/c1-36-17-15-30(41)25-28(36)24-27(35-31-13-14-33(42)37(31,2)18-16-32(35)36)7-3-4-23-44-34(43)8-5-6-26-9-11-29(12-10-26)40(21-19-38)22-20-39/h3-4,9-12,25,27,31-33,35,42H,5-8,13-24H2,1-2H3/b4-3+/t27-,31-,32-,33-,35-,36-,37-/m0/s1. The third-order valence-corrected chi connectivity index (χ3v) is 12.2. The number of ketones is 1. The number of halogens is 2. The monoisotopic (exact) mass is 643 g/mol. The molecule has 5 rings (SSSR count). The molecular formula is C37H51Cl2NO4. The Labute approximate surface area is 274 Å². The van der Waals surface area contributed by atoms with Crippen LogP contribution in [0.3, 0.4) is 0 Å². The fraction of sp³-hybridized carbons (Fsp3) is 0.676. The Morgan fingerprint density at radius 2 is 1.80 bits per heavy atom. The van der Waals surface area contributed by atoms with E-state index in [1.54, 1.807) is 0 Å². The smallest absolute Gasteiger partial charge is 0.306 e. The zero-order chi connectivity index (χ0) is 31.3. The molecule has 4 aliphatic carbocycles. The van der Waals surface area contributed by atoms with Gasteiger partial charge < -0.3 is 14.7 Å². The first-order valence-electron chi connectivity index (χ1n) is 16.9. The van der Waals surface area contributed by atoms with Crippen molar-refractivity contribution in [3.63, 3.8) is 0 Å². The Balaban J connectivity index is 1.11. The second-order valence-electron chi connectivity index (χ2n) is 14.2. The van der Waals surface area contributed by atoms with Crippen molar-refractivity contribution in [2.45, 2.75) is 90.6 Å². The lowest BCUT2D eigenvalue weighted by Gasteiger charge is -2.60. The van der Waals surface area contributed by atoms with Crippen LogP contribution in [0.5, 0.6) is 0 Å². The highest BCUT2D eigenvalue weighted by Crippen LogP contribution is 2.67. The maximum absolute atomic E-state index is 12.4. The lowest BCUT2D eigenvalue weighted by Crippen LogP contribution is -2.54. The molecule has 0 saturated heterocycles. The number of carbonyl (C=O) groups is 2. The molecule has 44 heavy (non-hydrogen) atoms. The minimum Gasteiger partial charge on any atom is -0.461 e. The highest BCUT2D eigenvalue weighted by molar-refractivity contribution is 6.18. The largest absolute Gasteiger partial charge is 0.461 e. The van der Waals surface area contributed by atoms with Gasteiger partial charge in [-0.1, -0.05) is 43.7 Å². The van der Waals surface area contributed by atoms with Gasteiger partial charge in [-0.2, -0.15) is 0 Å². The van der Waals surface area contributed by atoms with Crippen LogP contribution < -0.4 is 4.90 Å². The molecule has 0 heterocycles. The summed E-state index contributed by atoms with van der Waals surface area (Å²) in [7, 11) is 0. The average Bonchev–Trinajstić information content (AvgIpc) is 3.31. The number of alkyl halides is 2. The number of ether oxygens (including phenoxy) is 1. The van der Waals surface area contributed by atoms with E-state index in [1.807, 2.05) is 12.2 Å². The summed E-state index contributed by atoms with van der Waals surface area (Å²) in [5, 5.41) is 11.0. The molecule has 0 spiro atoms. The molecule has 1 N–H and O–H groups in total. The SMILES string of the molecule is C[C@]12CC[C@H]3[C@@H]([C@@H](C/C=C/COC(=O)CCCc4ccc(N(CCCl)CCCl)cc4)CC4=CC(=O)CC[C@@]43C)[C@@H]1CC[C@@H]2O. The van der Waals surface area contributed by atoms with Crippen molar-refractivity contribution in [2.75, 3.05) is 36.4 Å². The van der Waals surface area contributed by atoms with Gasteiger partial charge in [0.1, 0.15) is 6.61 Å². The lowest BCUT2D eigenvalue weighted by molar-refractivity contribution is -0.142. The molecule has 242 valence electrons. The zero-order valence-corrected chi connectivity index (χ0v) is 28.1. The number of esters is 1. The molecular weight excluding hydrogens is 593 g/mol. The molecule has 7 heteroatoms. The van der Waals surface area contributed by atoms with E-state index in [4.69, 9.17) is 27.9 Å². The quantitative estimate of drug-likeness (QED) is 0.134. The molecule has 0 unspecified atom stereocenters. The predicted molar refractivity (Wildman–Crippen MR) is 179 cm³/mol. The number of hydrogen-bond acceptors (Lipinski definition) is 5. The van der Waals surface area contributed by atoms with Gasteiger partial charge in [-0.05, 0) is 116 Å². The maximum Gasteiger partial charge on any atom is 0.306 e. The van der Waals surface area contributed by atoms with Gasteiger partial charge in [-0.25, -0.2) is 0 Å². The number of aryl methyl sites for hydroxylation is 1. The minimum atomic E-state index is -0.200. The molecule has 4 aliphatic rings. The number of aliphatic hydroxyl groups is 1. The average molecular weight is 645 g/mol. The summed E-state index contributed by atoms with van der Waals surface area (Å²) in [6.45, 7) is 6.56. The Hall–Kier alpha value is -1.82. The molecule has 0 aromatic heterocycles. The number of anilines is 1. The van der Waals surface area contributed by atoms with E-state index in [1.165, 1.54) is 11.1 Å². The number of carbonyl (C=O) groups excluding carboxylic acids is 2. The van der Waals surface area contributed by atoms with Gasteiger partial charge in [0, 0.05) is 43.4 Å². The number of rotatable bonds is 13. The van der Waals surface area contributed by atoms with E-state index in [9.17, 15) is 14.7 Å². The normalized spacial score (nSPS) is 33.0. The summed E-state index contributed by atoms with van der Waals surface area (Å²) in [5.74, 6) is 3.36. The second-order valence-corrected chi connectivity index (χ2v) is 15.0. The summed E-state index contributed by atoms with van der Waals surface area (Å²) in [6.07, 6.45) is 15.7. The first-order valence-corrected chi connectivity index (χ1v) is 17.9. The Kier molecular flexibility index (Phi) is 11.2. The van der Waals surface area contributed by atoms with Crippen LogP contribution in [0, 0.1) is 34.5 Å². The van der Waals surface area contributed by atoms with Gasteiger partial charge >= 0.3 is 5.97 Å². The molecule has 5 nitrogen and oxygen atoms in total. The number of fused-ring (bicyclic) bond motifs is 5. The van der Waals surface area contributed by atoms with Crippen molar-refractivity contribution < 1.29 is 19.4 Å². The van der Waals surface area contributed by atoms with Crippen molar-refractivity contribution in [2.24, 2.45) is 34.5 Å². The number of hydrogen-bond donors (Lipinski definition) is 1. The van der Waals surface area contributed by atoms with Crippen LogP contribution in [-0.4, -0.2) is 54.4 Å². The predicted octanol–water partition coefficient (Wildman–Crippen LogP) is 7.90. The molecule has 0 aliphatic heterocycles. The summed E-state index contributed by atoms with van der Waals surface area (Å²) in [4.78, 5) is 27.0. The van der Waals surface area contributed by atoms with E-state index in [2.05, 4.69) is 49.1 Å².